The number of hydrogen-bond donors (Lipinski definition) is 0. The van der Waals surface area contributed by atoms with Crippen LogP contribution in [0.1, 0.15) is 32.2 Å². The standard InChI is InChI=1S/C18H17NO5/c1-11-14(17(20)22-3)8-12(24-11)10-23-18(21)15-9-19(2)16-7-5-4-6-13(15)16/h4-9H,10H2,1-3H3. The highest BCUT2D eigenvalue weighted by Crippen LogP contribution is 2.22. The van der Waals surface area contributed by atoms with Gasteiger partial charge in [0.2, 0.25) is 0 Å². The third-order valence-corrected chi connectivity index (χ3v) is 3.84. The molecule has 0 aliphatic rings. The summed E-state index contributed by atoms with van der Waals surface area (Å²) in [5.74, 6) is -0.108. The number of rotatable bonds is 4. The number of aryl methyl sites for hydroxylation is 2. The highest BCUT2D eigenvalue weighted by atomic mass is 16.5. The average molecular weight is 327 g/mol. The van der Waals surface area contributed by atoms with Crippen molar-refractivity contribution in [1.82, 2.24) is 4.57 Å². The molecule has 0 bridgehead atoms. The van der Waals surface area contributed by atoms with Crippen molar-refractivity contribution in [1.29, 1.82) is 0 Å². The summed E-state index contributed by atoms with van der Waals surface area (Å²) in [6, 6.07) is 9.12. The number of benzene rings is 1. The summed E-state index contributed by atoms with van der Waals surface area (Å²) in [6.07, 6.45) is 1.74. The lowest BCUT2D eigenvalue weighted by Gasteiger charge is -2.01. The van der Waals surface area contributed by atoms with Gasteiger partial charge in [-0.1, -0.05) is 18.2 Å². The maximum Gasteiger partial charge on any atom is 0.341 e. The Morgan fingerprint density at radius 1 is 1.17 bits per heavy atom. The van der Waals surface area contributed by atoms with Crippen LogP contribution < -0.4 is 0 Å². The molecule has 3 rings (SSSR count). The molecule has 0 aliphatic heterocycles. The van der Waals surface area contributed by atoms with Gasteiger partial charge in [0.05, 0.1) is 12.7 Å². The van der Waals surface area contributed by atoms with Gasteiger partial charge >= 0.3 is 11.9 Å². The van der Waals surface area contributed by atoms with Crippen molar-refractivity contribution in [2.75, 3.05) is 7.11 Å². The highest BCUT2D eigenvalue weighted by Gasteiger charge is 2.18. The topological polar surface area (TPSA) is 70.7 Å². The van der Waals surface area contributed by atoms with Crippen molar-refractivity contribution in [2.45, 2.75) is 13.5 Å². The molecule has 0 aliphatic carbocycles. The highest BCUT2D eigenvalue weighted by molar-refractivity contribution is 6.04. The second kappa shape index (κ2) is 6.23. The molecule has 0 N–H and O–H groups in total. The fourth-order valence-electron chi connectivity index (χ4n) is 2.65. The Balaban J connectivity index is 1.77. The van der Waals surface area contributed by atoms with Crippen LogP contribution in [0.15, 0.2) is 40.9 Å². The van der Waals surface area contributed by atoms with E-state index < -0.39 is 11.9 Å². The van der Waals surface area contributed by atoms with Gasteiger partial charge in [-0.2, -0.15) is 0 Å². The Kier molecular flexibility index (Phi) is 4.12. The lowest BCUT2D eigenvalue weighted by molar-refractivity contribution is 0.0446. The first kappa shape index (κ1) is 15.9. The lowest BCUT2D eigenvalue weighted by Crippen LogP contribution is -2.04. The molecule has 2 aromatic heterocycles. The molecule has 24 heavy (non-hydrogen) atoms. The Labute approximate surface area is 138 Å². The van der Waals surface area contributed by atoms with Gasteiger partial charge in [0, 0.05) is 24.1 Å². The number of ether oxygens (including phenoxy) is 2. The molecule has 3 aromatic rings. The van der Waals surface area contributed by atoms with Crippen molar-refractivity contribution >= 4 is 22.8 Å². The first-order valence-electron chi connectivity index (χ1n) is 7.40. The van der Waals surface area contributed by atoms with E-state index in [0.717, 1.165) is 10.9 Å². The molecule has 0 saturated carbocycles. The zero-order valence-electron chi connectivity index (χ0n) is 13.7. The number of aromatic nitrogens is 1. The molecule has 124 valence electrons. The van der Waals surface area contributed by atoms with Gasteiger partial charge in [0.25, 0.3) is 0 Å². The molecule has 0 radical (unpaired) electrons. The zero-order chi connectivity index (χ0) is 17.3. The van der Waals surface area contributed by atoms with E-state index in [0.29, 0.717) is 22.6 Å². The van der Waals surface area contributed by atoms with Crippen LogP contribution >= 0.6 is 0 Å². The van der Waals surface area contributed by atoms with E-state index in [9.17, 15) is 9.59 Å². The summed E-state index contributed by atoms with van der Waals surface area (Å²) < 4.78 is 17.3. The molecule has 0 atom stereocenters. The fourth-order valence-corrected chi connectivity index (χ4v) is 2.65. The molecule has 6 nitrogen and oxygen atoms in total. The van der Waals surface area contributed by atoms with E-state index in [1.165, 1.54) is 13.2 Å². The number of nitrogens with zero attached hydrogens (tertiary/aromatic N) is 1. The predicted molar refractivity (Wildman–Crippen MR) is 86.8 cm³/mol. The largest absolute Gasteiger partial charge is 0.465 e. The number of carbonyl (C=O) groups excluding carboxylic acids is 2. The SMILES string of the molecule is COC(=O)c1cc(COC(=O)c2cn(C)c3ccccc23)oc1C. The fraction of sp³-hybridized carbons (Fsp3) is 0.222. The van der Waals surface area contributed by atoms with Crippen molar-refractivity contribution in [3.05, 3.63) is 59.2 Å². The minimum Gasteiger partial charge on any atom is -0.465 e. The quantitative estimate of drug-likeness (QED) is 0.688. The molecule has 0 unspecified atom stereocenters. The monoisotopic (exact) mass is 327 g/mol. The minimum atomic E-state index is -0.483. The Morgan fingerprint density at radius 2 is 1.92 bits per heavy atom. The Morgan fingerprint density at radius 3 is 2.67 bits per heavy atom. The molecule has 2 heterocycles. The van der Waals surface area contributed by atoms with Crippen molar-refractivity contribution < 1.29 is 23.5 Å². The maximum absolute atomic E-state index is 12.4. The number of esters is 2. The Hall–Kier alpha value is -3.02. The van der Waals surface area contributed by atoms with Gasteiger partial charge in [-0.25, -0.2) is 9.59 Å². The van der Waals surface area contributed by atoms with Crippen molar-refractivity contribution in [3.63, 3.8) is 0 Å². The first-order valence-corrected chi connectivity index (χ1v) is 7.40. The number of carbonyl (C=O) groups is 2. The summed E-state index contributed by atoms with van der Waals surface area (Å²) in [6.45, 7) is 1.60. The van der Waals surface area contributed by atoms with Gasteiger partial charge in [0.1, 0.15) is 23.7 Å². The van der Waals surface area contributed by atoms with Crippen LogP contribution in [-0.4, -0.2) is 23.6 Å². The number of furan rings is 1. The van der Waals surface area contributed by atoms with Crippen LogP contribution in [0.4, 0.5) is 0 Å². The van der Waals surface area contributed by atoms with E-state index in [1.54, 1.807) is 13.1 Å². The number of methoxy groups -OCH3 is 1. The molecule has 0 spiro atoms. The van der Waals surface area contributed by atoms with Crippen LogP contribution in [0, 0.1) is 6.92 Å². The van der Waals surface area contributed by atoms with Crippen molar-refractivity contribution in [2.24, 2.45) is 7.05 Å². The summed E-state index contributed by atoms with van der Waals surface area (Å²) in [5.41, 5.74) is 1.77. The van der Waals surface area contributed by atoms with E-state index in [-0.39, 0.29) is 6.61 Å². The van der Waals surface area contributed by atoms with E-state index in [2.05, 4.69) is 4.74 Å². The molecule has 0 fully saturated rings. The van der Waals surface area contributed by atoms with Crippen LogP contribution in [0.3, 0.4) is 0 Å². The molecule has 6 heteroatoms. The second-order valence-corrected chi connectivity index (χ2v) is 5.42. The summed E-state index contributed by atoms with van der Waals surface area (Å²) in [5, 5.41) is 0.830. The zero-order valence-corrected chi connectivity index (χ0v) is 13.7. The summed E-state index contributed by atoms with van der Waals surface area (Å²) >= 11 is 0. The van der Waals surface area contributed by atoms with Crippen molar-refractivity contribution in [3.8, 4) is 0 Å². The normalized spacial score (nSPS) is 10.8. The number of para-hydroxylation sites is 1. The van der Waals surface area contributed by atoms with Gasteiger partial charge in [-0.3, -0.25) is 0 Å². The molecule has 0 amide bonds. The maximum atomic E-state index is 12.4. The van der Waals surface area contributed by atoms with Crippen LogP contribution in [0.2, 0.25) is 0 Å². The van der Waals surface area contributed by atoms with E-state index in [1.807, 2.05) is 35.9 Å². The number of fused-ring (bicyclic) bond motifs is 1. The average Bonchev–Trinajstić information content (AvgIpc) is 3.13. The first-order chi connectivity index (χ1) is 11.5. The van der Waals surface area contributed by atoms with Gasteiger partial charge in [0.15, 0.2) is 0 Å². The summed E-state index contributed by atoms with van der Waals surface area (Å²) in [4.78, 5) is 23.9. The van der Waals surface area contributed by atoms with Gasteiger partial charge < -0.3 is 18.5 Å². The Bertz CT molecular complexity index is 919. The van der Waals surface area contributed by atoms with Gasteiger partial charge in [-0.15, -0.1) is 0 Å². The lowest BCUT2D eigenvalue weighted by atomic mass is 10.2. The van der Waals surface area contributed by atoms with Gasteiger partial charge in [-0.05, 0) is 19.1 Å². The van der Waals surface area contributed by atoms with Crippen LogP contribution in [0.5, 0.6) is 0 Å². The predicted octanol–water partition coefficient (Wildman–Crippen LogP) is 3.22. The van der Waals surface area contributed by atoms with E-state index in [4.69, 9.17) is 9.15 Å². The molecular formula is C18H17NO5. The van der Waals surface area contributed by atoms with Crippen LogP contribution in [-0.2, 0) is 23.1 Å². The smallest absolute Gasteiger partial charge is 0.341 e. The minimum absolute atomic E-state index is 0.0557. The molecule has 0 saturated heterocycles. The van der Waals surface area contributed by atoms with E-state index >= 15 is 0 Å². The second-order valence-electron chi connectivity index (χ2n) is 5.42. The third kappa shape index (κ3) is 2.78. The molecule has 1 aromatic carbocycles. The summed E-state index contributed by atoms with van der Waals surface area (Å²) in [7, 11) is 3.17. The molecular weight excluding hydrogens is 310 g/mol. The number of hydrogen-bond acceptors (Lipinski definition) is 5. The third-order valence-electron chi connectivity index (χ3n) is 3.84. The van der Waals surface area contributed by atoms with Crippen LogP contribution in [0.25, 0.3) is 10.9 Å².